The molecule has 126 valence electrons. The lowest BCUT2D eigenvalue weighted by Gasteiger charge is -2.35. The summed E-state index contributed by atoms with van der Waals surface area (Å²) in [6.45, 7) is 6.03. The third-order valence-electron chi connectivity index (χ3n) is 4.16. The molecule has 1 aromatic heterocycles. The van der Waals surface area contributed by atoms with Crippen LogP contribution in [-0.4, -0.2) is 28.9 Å². The van der Waals surface area contributed by atoms with Gasteiger partial charge in [0.1, 0.15) is 5.75 Å². The Morgan fingerprint density at radius 2 is 1.96 bits per heavy atom. The van der Waals surface area contributed by atoms with Crippen LogP contribution in [0.4, 0.5) is 0 Å². The second-order valence-electron chi connectivity index (χ2n) is 6.60. The summed E-state index contributed by atoms with van der Waals surface area (Å²) in [4.78, 5) is 18.9. The topological polar surface area (TPSA) is 42.4 Å². The Morgan fingerprint density at radius 3 is 2.58 bits per heavy atom. The maximum absolute atomic E-state index is 12.6. The summed E-state index contributed by atoms with van der Waals surface area (Å²) < 4.78 is 6.65. The monoisotopic (exact) mass is 388 g/mol. The van der Waals surface area contributed by atoms with Crippen molar-refractivity contribution in [1.29, 1.82) is 0 Å². The number of hydrogen-bond acceptors (Lipinski definition) is 3. The molecular formula is C19H21BrN2O2. The van der Waals surface area contributed by atoms with Gasteiger partial charge in [-0.1, -0.05) is 35.8 Å². The second-order valence-corrected chi connectivity index (χ2v) is 7.52. The molecule has 2 heterocycles. The van der Waals surface area contributed by atoms with Gasteiger partial charge < -0.3 is 9.64 Å². The van der Waals surface area contributed by atoms with Gasteiger partial charge in [0.2, 0.25) is 5.88 Å². The lowest BCUT2D eigenvalue weighted by molar-refractivity contribution is 0.0622. The highest BCUT2D eigenvalue weighted by atomic mass is 79.9. The number of nitrogens with zero attached hydrogens (tertiary/aromatic N) is 2. The summed E-state index contributed by atoms with van der Waals surface area (Å²) in [6, 6.07) is 11.1. The van der Waals surface area contributed by atoms with E-state index in [-0.39, 0.29) is 5.91 Å². The Labute approximate surface area is 151 Å². The van der Waals surface area contributed by atoms with Gasteiger partial charge in [0.05, 0.1) is 5.56 Å². The quantitative estimate of drug-likeness (QED) is 0.761. The normalized spacial score (nSPS) is 20.7. The second kappa shape index (κ2) is 7.34. The standard InChI is InChI=1S/C19H21BrN2O2/c1-13-8-14(2)12-22(11-13)19(23)15-6-7-18(21-10-15)24-17-5-3-4-16(20)9-17/h3-7,9-10,13-14H,8,11-12H2,1-2H3. The van der Waals surface area contributed by atoms with Crippen molar-refractivity contribution in [2.75, 3.05) is 13.1 Å². The lowest BCUT2D eigenvalue weighted by atomic mass is 9.91. The molecule has 5 heteroatoms. The van der Waals surface area contributed by atoms with E-state index in [0.29, 0.717) is 29.0 Å². The van der Waals surface area contributed by atoms with Gasteiger partial charge in [0.25, 0.3) is 5.91 Å². The maximum Gasteiger partial charge on any atom is 0.255 e. The first-order valence-electron chi connectivity index (χ1n) is 8.20. The van der Waals surface area contributed by atoms with Gasteiger partial charge in [0.15, 0.2) is 0 Å². The van der Waals surface area contributed by atoms with Crippen molar-refractivity contribution < 1.29 is 9.53 Å². The Hall–Kier alpha value is -1.88. The maximum atomic E-state index is 12.6. The number of rotatable bonds is 3. The fourth-order valence-electron chi connectivity index (χ4n) is 3.23. The predicted octanol–water partition coefficient (Wildman–Crippen LogP) is 4.75. The first-order valence-corrected chi connectivity index (χ1v) is 8.99. The molecule has 1 aromatic carbocycles. The molecule has 1 fully saturated rings. The van der Waals surface area contributed by atoms with E-state index in [4.69, 9.17) is 4.74 Å². The molecule has 0 saturated carbocycles. The zero-order valence-electron chi connectivity index (χ0n) is 13.9. The first-order chi connectivity index (χ1) is 11.5. The van der Waals surface area contributed by atoms with Crippen molar-refractivity contribution in [2.24, 2.45) is 11.8 Å². The Morgan fingerprint density at radius 1 is 1.21 bits per heavy atom. The molecule has 0 radical (unpaired) electrons. The Balaban J connectivity index is 1.68. The van der Waals surface area contributed by atoms with E-state index in [0.717, 1.165) is 17.6 Å². The SMILES string of the molecule is CC1CC(C)CN(C(=O)c2ccc(Oc3cccc(Br)c3)nc2)C1. The van der Waals surface area contributed by atoms with Gasteiger partial charge in [-0.15, -0.1) is 0 Å². The van der Waals surface area contributed by atoms with Crippen LogP contribution in [0.25, 0.3) is 0 Å². The Kier molecular flexibility index (Phi) is 5.19. The van der Waals surface area contributed by atoms with E-state index in [1.165, 1.54) is 6.42 Å². The highest BCUT2D eigenvalue weighted by molar-refractivity contribution is 9.10. The molecule has 1 aliphatic heterocycles. The van der Waals surface area contributed by atoms with E-state index in [1.54, 1.807) is 18.3 Å². The molecule has 24 heavy (non-hydrogen) atoms. The Bertz CT molecular complexity index is 708. The van der Waals surface area contributed by atoms with Crippen LogP contribution in [-0.2, 0) is 0 Å². The minimum Gasteiger partial charge on any atom is -0.439 e. The molecule has 0 spiro atoms. The highest BCUT2D eigenvalue weighted by Crippen LogP contribution is 2.25. The molecule has 0 aliphatic carbocycles. The number of pyridine rings is 1. The number of carbonyl (C=O) groups excluding carboxylic acids is 1. The van der Waals surface area contributed by atoms with E-state index in [2.05, 4.69) is 34.8 Å². The van der Waals surface area contributed by atoms with Crippen LogP contribution < -0.4 is 4.74 Å². The van der Waals surface area contributed by atoms with E-state index >= 15 is 0 Å². The minimum atomic E-state index is 0.0508. The number of aromatic nitrogens is 1. The van der Waals surface area contributed by atoms with Crippen LogP contribution in [0, 0.1) is 11.8 Å². The summed E-state index contributed by atoms with van der Waals surface area (Å²) >= 11 is 3.41. The molecule has 2 unspecified atom stereocenters. The number of likely N-dealkylation sites (tertiary alicyclic amines) is 1. The van der Waals surface area contributed by atoms with Crippen molar-refractivity contribution in [3.05, 3.63) is 52.6 Å². The summed E-state index contributed by atoms with van der Waals surface area (Å²) in [5.41, 5.74) is 0.609. The molecule has 1 saturated heterocycles. The summed E-state index contributed by atoms with van der Waals surface area (Å²) in [5.74, 6) is 2.32. The van der Waals surface area contributed by atoms with Gasteiger partial charge in [0, 0.05) is 29.8 Å². The van der Waals surface area contributed by atoms with Crippen molar-refractivity contribution in [3.8, 4) is 11.6 Å². The number of halogens is 1. The van der Waals surface area contributed by atoms with E-state index in [9.17, 15) is 4.79 Å². The van der Waals surface area contributed by atoms with Gasteiger partial charge in [-0.05, 0) is 42.5 Å². The molecule has 0 bridgehead atoms. The summed E-state index contributed by atoms with van der Waals surface area (Å²) in [7, 11) is 0. The van der Waals surface area contributed by atoms with E-state index in [1.807, 2.05) is 29.2 Å². The van der Waals surface area contributed by atoms with Crippen molar-refractivity contribution >= 4 is 21.8 Å². The zero-order valence-corrected chi connectivity index (χ0v) is 15.5. The largest absolute Gasteiger partial charge is 0.439 e. The molecular weight excluding hydrogens is 368 g/mol. The summed E-state index contributed by atoms with van der Waals surface area (Å²) in [5, 5.41) is 0. The summed E-state index contributed by atoms with van der Waals surface area (Å²) in [6.07, 6.45) is 2.78. The average molecular weight is 389 g/mol. The minimum absolute atomic E-state index is 0.0508. The van der Waals surface area contributed by atoms with Crippen molar-refractivity contribution in [3.63, 3.8) is 0 Å². The molecule has 4 nitrogen and oxygen atoms in total. The van der Waals surface area contributed by atoms with Crippen molar-refractivity contribution in [1.82, 2.24) is 9.88 Å². The van der Waals surface area contributed by atoms with Crippen LogP contribution in [0.15, 0.2) is 47.1 Å². The van der Waals surface area contributed by atoms with Crippen LogP contribution in [0.2, 0.25) is 0 Å². The van der Waals surface area contributed by atoms with Crippen LogP contribution >= 0.6 is 15.9 Å². The average Bonchev–Trinajstić information content (AvgIpc) is 2.54. The molecule has 3 rings (SSSR count). The van der Waals surface area contributed by atoms with Crippen LogP contribution in [0.1, 0.15) is 30.6 Å². The molecule has 2 atom stereocenters. The third-order valence-corrected chi connectivity index (χ3v) is 4.65. The highest BCUT2D eigenvalue weighted by Gasteiger charge is 2.26. The van der Waals surface area contributed by atoms with Crippen LogP contribution in [0.5, 0.6) is 11.6 Å². The number of piperidine rings is 1. The zero-order chi connectivity index (χ0) is 17.1. The number of hydrogen-bond donors (Lipinski definition) is 0. The fourth-order valence-corrected chi connectivity index (χ4v) is 3.61. The van der Waals surface area contributed by atoms with Gasteiger partial charge in [-0.3, -0.25) is 4.79 Å². The molecule has 1 amide bonds. The smallest absolute Gasteiger partial charge is 0.255 e. The van der Waals surface area contributed by atoms with Gasteiger partial charge >= 0.3 is 0 Å². The number of ether oxygens (including phenoxy) is 1. The number of amides is 1. The first kappa shape index (κ1) is 17.0. The molecule has 0 N–H and O–H groups in total. The number of carbonyl (C=O) groups is 1. The van der Waals surface area contributed by atoms with Crippen LogP contribution in [0.3, 0.4) is 0 Å². The van der Waals surface area contributed by atoms with Gasteiger partial charge in [-0.25, -0.2) is 4.98 Å². The fraction of sp³-hybridized carbons (Fsp3) is 0.368. The molecule has 2 aromatic rings. The molecule has 1 aliphatic rings. The van der Waals surface area contributed by atoms with Crippen molar-refractivity contribution in [2.45, 2.75) is 20.3 Å². The lowest BCUT2D eigenvalue weighted by Crippen LogP contribution is -2.42. The predicted molar refractivity (Wildman–Crippen MR) is 97.3 cm³/mol. The third kappa shape index (κ3) is 4.15. The van der Waals surface area contributed by atoms with Gasteiger partial charge in [-0.2, -0.15) is 0 Å². The number of benzene rings is 1. The van der Waals surface area contributed by atoms with E-state index < -0.39 is 0 Å².